The largest absolute Gasteiger partial charge is 0.388 e. The second-order valence-corrected chi connectivity index (χ2v) is 10.7. The Kier molecular flexibility index (Phi) is 3.53. The normalized spacial score (nSPS) is 58.7. The Labute approximate surface area is 160 Å². The lowest BCUT2D eigenvalue weighted by Crippen LogP contribution is -2.64. The summed E-state index contributed by atoms with van der Waals surface area (Å²) in [6.45, 7) is 5.75. The smallest absolute Gasteiger partial charge is 0.190 e. The van der Waals surface area contributed by atoms with E-state index in [1.807, 2.05) is 6.92 Å². The molecule has 9 atom stereocenters. The molecule has 0 aromatic carbocycles. The maximum atomic E-state index is 12.6. The van der Waals surface area contributed by atoms with E-state index in [0.29, 0.717) is 36.9 Å². The number of hydrogen-bond acceptors (Lipinski definition) is 5. The first-order valence-electron chi connectivity index (χ1n) is 10.7. The Bertz CT molecular complexity index is 719. The molecule has 0 aromatic heterocycles. The summed E-state index contributed by atoms with van der Waals surface area (Å²) in [7, 11) is 0. The molecule has 5 nitrogen and oxygen atoms in total. The number of epoxide rings is 1. The van der Waals surface area contributed by atoms with E-state index >= 15 is 0 Å². The van der Waals surface area contributed by atoms with Gasteiger partial charge in [0, 0.05) is 23.7 Å². The van der Waals surface area contributed by atoms with Crippen molar-refractivity contribution in [3.05, 3.63) is 0 Å². The standard InChI is InChI=1S/C22H32O5/c1-12-8-16-15-5-4-13-9-14(24)6-7-19(13,2)22(15)18(27-22)10-20(16,3)21(12,26)17(25)11-23/h12-13,15-16,18,23,26H,4-11H2,1-3H3/t12-,13+,15+,16+,18?,19+,20+,21+,22?/m1/s1. The molecule has 5 rings (SSSR count). The Hall–Kier alpha value is -0.780. The van der Waals surface area contributed by atoms with Gasteiger partial charge in [-0.3, -0.25) is 9.59 Å². The fourth-order valence-electron chi connectivity index (χ4n) is 8.55. The predicted molar refractivity (Wildman–Crippen MR) is 97.8 cm³/mol. The fourth-order valence-corrected chi connectivity index (χ4v) is 8.55. The molecule has 2 N–H and O–H groups in total. The number of carbonyl (C=O) groups is 2. The van der Waals surface area contributed by atoms with E-state index in [-0.39, 0.29) is 29.0 Å². The zero-order valence-electron chi connectivity index (χ0n) is 16.7. The van der Waals surface area contributed by atoms with Gasteiger partial charge in [-0.05, 0) is 55.8 Å². The van der Waals surface area contributed by atoms with E-state index in [1.54, 1.807) is 0 Å². The summed E-state index contributed by atoms with van der Waals surface area (Å²) in [6, 6.07) is 0. The molecule has 150 valence electrons. The second-order valence-electron chi connectivity index (χ2n) is 10.7. The molecule has 0 aromatic rings. The quantitative estimate of drug-likeness (QED) is 0.722. The summed E-state index contributed by atoms with van der Waals surface area (Å²) < 4.78 is 6.52. The molecule has 5 heteroatoms. The van der Waals surface area contributed by atoms with Gasteiger partial charge in [0.15, 0.2) is 5.78 Å². The fraction of sp³-hybridized carbons (Fsp3) is 0.909. The van der Waals surface area contributed by atoms with Gasteiger partial charge in [-0.2, -0.15) is 0 Å². The number of ether oxygens (including phenoxy) is 1. The van der Waals surface area contributed by atoms with Gasteiger partial charge in [0.25, 0.3) is 0 Å². The van der Waals surface area contributed by atoms with Crippen LogP contribution >= 0.6 is 0 Å². The minimum Gasteiger partial charge on any atom is -0.388 e. The Morgan fingerprint density at radius 2 is 1.96 bits per heavy atom. The molecule has 1 aliphatic heterocycles. The third-order valence-corrected chi connectivity index (χ3v) is 10.00. The Balaban J connectivity index is 1.56. The number of rotatable bonds is 2. The van der Waals surface area contributed by atoms with Crippen molar-refractivity contribution in [3.63, 3.8) is 0 Å². The van der Waals surface area contributed by atoms with Crippen molar-refractivity contribution in [2.75, 3.05) is 6.61 Å². The lowest BCUT2D eigenvalue weighted by Gasteiger charge is -2.58. The lowest BCUT2D eigenvalue weighted by molar-refractivity contribution is -0.170. The van der Waals surface area contributed by atoms with Crippen LogP contribution in [0.2, 0.25) is 0 Å². The van der Waals surface area contributed by atoms with E-state index in [0.717, 1.165) is 25.7 Å². The molecule has 5 aliphatic rings. The highest BCUT2D eigenvalue weighted by Gasteiger charge is 2.82. The molecule has 1 heterocycles. The first-order chi connectivity index (χ1) is 12.6. The highest BCUT2D eigenvalue weighted by atomic mass is 16.6. The maximum Gasteiger partial charge on any atom is 0.190 e. The van der Waals surface area contributed by atoms with Crippen LogP contribution in [-0.4, -0.2) is 45.7 Å². The molecule has 27 heavy (non-hydrogen) atoms. The van der Waals surface area contributed by atoms with Crippen molar-refractivity contribution in [2.45, 2.75) is 83.0 Å². The average molecular weight is 376 g/mol. The number of ketones is 2. The highest BCUT2D eigenvalue weighted by Crippen LogP contribution is 2.77. The number of aliphatic hydroxyl groups is 2. The Morgan fingerprint density at radius 3 is 2.67 bits per heavy atom. The van der Waals surface area contributed by atoms with E-state index in [4.69, 9.17) is 4.74 Å². The number of Topliss-reactive ketones (excluding diaryl/α,β-unsaturated/α-hetero) is 2. The van der Waals surface area contributed by atoms with Crippen LogP contribution in [0, 0.1) is 34.5 Å². The zero-order chi connectivity index (χ0) is 19.4. The van der Waals surface area contributed by atoms with Gasteiger partial charge in [0.2, 0.25) is 0 Å². The van der Waals surface area contributed by atoms with Crippen molar-refractivity contribution in [3.8, 4) is 0 Å². The van der Waals surface area contributed by atoms with Gasteiger partial charge in [0.1, 0.15) is 23.6 Å². The van der Waals surface area contributed by atoms with Gasteiger partial charge in [-0.1, -0.05) is 20.8 Å². The van der Waals surface area contributed by atoms with E-state index in [9.17, 15) is 19.8 Å². The van der Waals surface area contributed by atoms with E-state index < -0.39 is 23.4 Å². The molecule has 0 amide bonds. The van der Waals surface area contributed by atoms with Gasteiger partial charge in [-0.15, -0.1) is 0 Å². The molecule has 0 bridgehead atoms. The van der Waals surface area contributed by atoms with Crippen LogP contribution in [0.1, 0.15) is 65.7 Å². The average Bonchev–Trinajstić information content (AvgIpc) is 3.31. The first kappa shape index (κ1) is 18.3. The summed E-state index contributed by atoms with van der Waals surface area (Å²) >= 11 is 0. The zero-order valence-corrected chi connectivity index (χ0v) is 16.7. The highest BCUT2D eigenvalue weighted by molar-refractivity contribution is 5.90. The monoisotopic (exact) mass is 376 g/mol. The van der Waals surface area contributed by atoms with Crippen molar-refractivity contribution in [1.82, 2.24) is 0 Å². The minimum atomic E-state index is -1.47. The van der Waals surface area contributed by atoms with Gasteiger partial charge in [-0.25, -0.2) is 0 Å². The lowest BCUT2D eigenvalue weighted by atomic mass is 9.44. The molecule has 1 saturated heterocycles. The van der Waals surface area contributed by atoms with Gasteiger partial charge < -0.3 is 14.9 Å². The van der Waals surface area contributed by atoms with Crippen molar-refractivity contribution in [2.24, 2.45) is 34.5 Å². The van der Waals surface area contributed by atoms with E-state index in [2.05, 4.69) is 13.8 Å². The number of carbonyl (C=O) groups excluding carboxylic acids is 2. The molecule has 2 unspecified atom stereocenters. The molecule has 5 fully saturated rings. The topological polar surface area (TPSA) is 87.1 Å². The van der Waals surface area contributed by atoms with Gasteiger partial charge in [0.05, 0.1) is 6.10 Å². The van der Waals surface area contributed by atoms with Crippen LogP contribution in [0.3, 0.4) is 0 Å². The van der Waals surface area contributed by atoms with Crippen LogP contribution in [0.15, 0.2) is 0 Å². The van der Waals surface area contributed by atoms with E-state index in [1.165, 1.54) is 0 Å². The molecule has 0 radical (unpaired) electrons. The predicted octanol–water partition coefficient (Wildman–Crippen LogP) is 2.27. The summed E-state index contributed by atoms with van der Waals surface area (Å²) in [5.74, 6) is 0.765. The molecule has 4 aliphatic carbocycles. The van der Waals surface area contributed by atoms with Crippen LogP contribution in [0.25, 0.3) is 0 Å². The molecular formula is C22H32O5. The molecular weight excluding hydrogens is 344 g/mol. The summed E-state index contributed by atoms with van der Waals surface area (Å²) in [6.07, 6.45) is 5.85. The van der Waals surface area contributed by atoms with Crippen LogP contribution in [0.4, 0.5) is 0 Å². The maximum absolute atomic E-state index is 12.6. The second kappa shape index (κ2) is 5.22. The summed E-state index contributed by atoms with van der Waals surface area (Å²) in [5, 5.41) is 21.1. The number of hydrogen-bond donors (Lipinski definition) is 2. The third kappa shape index (κ3) is 1.83. The van der Waals surface area contributed by atoms with Crippen molar-refractivity contribution < 1.29 is 24.5 Å². The summed E-state index contributed by atoms with van der Waals surface area (Å²) in [4.78, 5) is 24.7. The van der Waals surface area contributed by atoms with Crippen LogP contribution in [0.5, 0.6) is 0 Å². The van der Waals surface area contributed by atoms with Crippen LogP contribution < -0.4 is 0 Å². The molecule has 4 saturated carbocycles. The van der Waals surface area contributed by atoms with Gasteiger partial charge >= 0.3 is 0 Å². The Morgan fingerprint density at radius 1 is 1.22 bits per heavy atom. The van der Waals surface area contributed by atoms with Crippen LogP contribution in [-0.2, 0) is 14.3 Å². The first-order valence-corrected chi connectivity index (χ1v) is 10.7. The third-order valence-electron chi connectivity index (χ3n) is 10.00. The number of aliphatic hydroxyl groups excluding tert-OH is 1. The van der Waals surface area contributed by atoms with Crippen molar-refractivity contribution in [1.29, 1.82) is 0 Å². The SMILES string of the molecule is C[C@@H]1C[C@H]2[C@@H]3CC[C@H]4CC(=O)CC[C@]4(C)C34OC4C[C@]2(C)[C@@]1(O)C(=O)CO. The summed E-state index contributed by atoms with van der Waals surface area (Å²) in [5.41, 5.74) is -2.16. The minimum absolute atomic E-state index is 0.0285. The number of fused-ring (bicyclic) bond motifs is 3. The van der Waals surface area contributed by atoms with Crippen molar-refractivity contribution >= 4 is 11.6 Å². The molecule has 1 spiro atoms.